The summed E-state index contributed by atoms with van der Waals surface area (Å²) < 4.78 is 0.883. The molecule has 0 aliphatic rings. The van der Waals surface area contributed by atoms with Crippen molar-refractivity contribution >= 4 is 15.9 Å². The fourth-order valence-corrected chi connectivity index (χ4v) is 0.902. The van der Waals surface area contributed by atoms with Crippen LogP contribution in [0.25, 0.3) is 0 Å². The Morgan fingerprint density at radius 3 is 2.67 bits per heavy atom. The van der Waals surface area contributed by atoms with Crippen LogP contribution in [0.4, 0.5) is 0 Å². The molecule has 0 amide bonds. The standard InChI is InChI=1S/C6H5BrO2/c7-5-2-1-3-6(4-5)9-8/h1-4,8H. The summed E-state index contributed by atoms with van der Waals surface area (Å²) >= 11 is 3.21. The number of hydrogen-bond donors (Lipinski definition) is 1. The zero-order valence-corrected chi connectivity index (χ0v) is 6.13. The van der Waals surface area contributed by atoms with Gasteiger partial charge in [0, 0.05) is 4.47 Å². The summed E-state index contributed by atoms with van der Waals surface area (Å²) in [5.74, 6) is 0.435. The van der Waals surface area contributed by atoms with E-state index in [4.69, 9.17) is 5.26 Å². The molecule has 2 nitrogen and oxygen atoms in total. The predicted octanol–water partition coefficient (Wildman–Crippen LogP) is 2.30. The molecular formula is C6H5BrO2. The number of halogens is 1. The maximum absolute atomic E-state index is 8.14. The van der Waals surface area contributed by atoms with Crippen LogP contribution in [0.5, 0.6) is 5.75 Å². The molecule has 0 bridgehead atoms. The van der Waals surface area contributed by atoms with Crippen molar-refractivity contribution in [2.24, 2.45) is 0 Å². The van der Waals surface area contributed by atoms with E-state index in [1.807, 2.05) is 6.07 Å². The fraction of sp³-hybridized carbons (Fsp3) is 0. The lowest BCUT2D eigenvalue weighted by atomic mass is 10.3. The summed E-state index contributed by atoms with van der Waals surface area (Å²) in [4.78, 5) is 3.96. The minimum atomic E-state index is 0.435. The molecule has 0 aromatic heterocycles. The highest BCUT2D eigenvalue weighted by atomic mass is 79.9. The molecule has 9 heavy (non-hydrogen) atoms. The van der Waals surface area contributed by atoms with Gasteiger partial charge in [-0.05, 0) is 18.2 Å². The third kappa shape index (κ3) is 1.69. The molecule has 1 aromatic carbocycles. The fourth-order valence-electron chi connectivity index (χ4n) is 0.524. The van der Waals surface area contributed by atoms with Crippen LogP contribution in [0.15, 0.2) is 28.7 Å². The maximum atomic E-state index is 8.14. The van der Waals surface area contributed by atoms with Gasteiger partial charge in [0.1, 0.15) is 0 Å². The van der Waals surface area contributed by atoms with Gasteiger partial charge < -0.3 is 4.89 Å². The quantitative estimate of drug-likeness (QED) is 0.542. The van der Waals surface area contributed by atoms with E-state index >= 15 is 0 Å². The Labute approximate surface area is 61.1 Å². The second kappa shape index (κ2) is 2.85. The summed E-state index contributed by atoms with van der Waals surface area (Å²) in [5, 5.41) is 8.14. The first kappa shape index (κ1) is 6.58. The van der Waals surface area contributed by atoms with Crippen LogP contribution in [0.2, 0.25) is 0 Å². The van der Waals surface area contributed by atoms with E-state index in [1.165, 1.54) is 0 Å². The van der Waals surface area contributed by atoms with Crippen molar-refractivity contribution in [3.8, 4) is 5.75 Å². The molecule has 0 saturated heterocycles. The van der Waals surface area contributed by atoms with Crippen LogP contribution in [-0.4, -0.2) is 5.26 Å². The third-order valence-corrected chi connectivity index (χ3v) is 1.39. The summed E-state index contributed by atoms with van der Waals surface area (Å²) in [7, 11) is 0. The lowest BCUT2D eigenvalue weighted by molar-refractivity contribution is -0.137. The van der Waals surface area contributed by atoms with Crippen LogP contribution in [0.1, 0.15) is 0 Å². The molecule has 0 saturated carbocycles. The summed E-state index contributed by atoms with van der Waals surface area (Å²) in [6.07, 6.45) is 0. The van der Waals surface area contributed by atoms with Crippen LogP contribution in [0, 0.1) is 0 Å². The Hall–Kier alpha value is -0.540. The number of rotatable bonds is 1. The Kier molecular flexibility index (Phi) is 2.08. The Bertz CT molecular complexity index is 200. The summed E-state index contributed by atoms with van der Waals surface area (Å²) in [6, 6.07) is 6.95. The molecule has 0 heterocycles. The van der Waals surface area contributed by atoms with Gasteiger partial charge in [-0.1, -0.05) is 22.0 Å². The molecule has 0 aliphatic heterocycles. The minimum absolute atomic E-state index is 0.435. The lowest BCUT2D eigenvalue weighted by Gasteiger charge is -1.93. The van der Waals surface area contributed by atoms with Gasteiger partial charge in [-0.15, -0.1) is 0 Å². The Morgan fingerprint density at radius 1 is 1.44 bits per heavy atom. The average molecular weight is 189 g/mol. The number of benzene rings is 1. The molecule has 0 atom stereocenters. The van der Waals surface area contributed by atoms with Gasteiger partial charge in [-0.3, -0.25) is 0 Å². The van der Waals surface area contributed by atoms with Crippen molar-refractivity contribution in [2.75, 3.05) is 0 Å². The smallest absolute Gasteiger partial charge is 0.166 e. The lowest BCUT2D eigenvalue weighted by Crippen LogP contribution is -1.81. The Morgan fingerprint density at radius 2 is 2.22 bits per heavy atom. The normalized spacial score (nSPS) is 9.11. The van der Waals surface area contributed by atoms with Crippen LogP contribution in [-0.2, 0) is 0 Å². The van der Waals surface area contributed by atoms with E-state index in [0.29, 0.717) is 5.75 Å². The SMILES string of the molecule is OOc1cccc(Br)c1. The van der Waals surface area contributed by atoms with Gasteiger partial charge in [0.15, 0.2) is 5.75 Å². The highest BCUT2D eigenvalue weighted by molar-refractivity contribution is 9.10. The first-order chi connectivity index (χ1) is 4.33. The topological polar surface area (TPSA) is 29.5 Å². The molecule has 1 aromatic rings. The molecule has 48 valence electrons. The predicted molar refractivity (Wildman–Crippen MR) is 37.4 cm³/mol. The van der Waals surface area contributed by atoms with Crippen molar-refractivity contribution in [3.05, 3.63) is 28.7 Å². The van der Waals surface area contributed by atoms with Gasteiger partial charge in [0.25, 0.3) is 0 Å². The van der Waals surface area contributed by atoms with Crippen LogP contribution in [0.3, 0.4) is 0 Å². The molecule has 0 radical (unpaired) electrons. The Balaban J connectivity index is 2.94. The molecule has 0 aliphatic carbocycles. The largest absolute Gasteiger partial charge is 0.340 e. The van der Waals surface area contributed by atoms with Crippen molar-refractivity contribution in [3.63, 3.8) is 0 Å². The van der Waals surface area contributed by atoms with Gasteiger partial charge in [-0.2, -0.15) is 0 Å². The van der Waals surface area contributed by atoms with E-state index < -0.39 is 0 Å². The zero-order valence-electron chi connectivity index (χ0n) is 4.54. The monoisotopic (exact) mass is 188 g/mol. The first-order valence-electron chi connectivity index (χ1n) is 2.40. The second-order valence-corrected chi connectivity index (χ2v) is 2.46. The van der Waals surface area contributed by atoms with Crippen molar-refractivity contribution in [1.82, 2.24) is 0 Å². The highest BCUT2D eigenvalue weighted by Gasteiger charge is 1.90. The second-order valence-electron chi connectivity index (χ2n) is 1.55. The summed E-state index contributed by atoms with van der Waals surface area (Å²) in [6.45, 7) is 0. The molecular weight excluding hydrogens is 184 g/mol. The maximum Gasteiger partial charge on any atom is 0.166 e. The minimum Gasteiger partial charge on any atom is -0.340 e. The van der Waals surface area contributed by atoms with Crippen LogP contribution < -0.4 is 4.89 Å². The first-order valence-corrected chi connectivity index (χ1v) is 3.19. The van der Waals surface area contributed by atoms with Crippen molar-refractivity contribution in [2.45, 2.75) is 0 Å². The molecule has 0 unspecified atom stereocenters. The zero-order chi connectivity index (χ0) is 6.69. The van der Waals surface area contributed by atoms with Crippen LogP contribution >= 0.6 is 15.9 Å². The van der Waals surface area contributed by atoms with E-state index in [2.05, 4.69) is 20.8 Å². The van der Waals surface area contributed by atoms with Gasteiger partial charge >= 0.3 is 0 Å². The van der Waals surface area contributed by atoms with E-state index in [1.54, 1.807) is 18.2 Å². The number of hydrogen-bond acceptors (Lipinski definition) is 2. The van der Waals surface area contributed by atoms with E-state index in [9.17, 15) is 0 Å². The van der Waals surface area contributed by atoms with E-state index in [-0.39, 0.29) is 0 Å². The van der Waals surface area contributed by atoms with Gasteiger partial charge in [-0.25, -0.2) is 5.26 Å². The van der Waals surface area contributed by atoms with E-state index in [0.717, 1.165) is 4.47 Å². The molecule has 0 fully saturated rings. The van der Waals surface area contributed by atoms with Crippen molar-refractivity contribution in [1.29, 1.82) is 0 Å². The van der Waals surface area contributed by atoms with Crippen molar-refractivity contribution < 1.29 is 10.1 Å². The summed E-state index contributed by atoms with van der Waals surface area (Å²) in [5.41, 5.74) is 0. The third-order valence-electron chi connectivity index (χ3n) is 0.901. The van der Waals surface area contributed by atoms with Gasteiger partial charge in [0.05, 0.1) is 0 Å². The molecule has 0 spiro atoms. The molecule has 3 heteroatoms. The van der Waals surface area contributed by atoms with Gasteiger partial charge in [0.2, 0.25) is 0 Å². The highest BCUT2D eigenvalue weighted by Crippen LogP contribution is 2.16. The molecule has 1 rings (SSSR count). The average Bonchev–Trinajstić information content (AvgIpc) is 1.88. The molecule has 1 N–H and O–H groups in total.